The van der Waals surface area contributed by atoms with Gasteiger partial charge in [0.2, 0.25) is 0 Å². The summed E-state index contributed by atoms with van der Waals surface area (Å²) >= 11 is 0. The van der Waals surface area contributed by atoms with Crippen molar-refractivity contribution < 1.29 is 4.79 Å². The first-order chi connectivity index (χ1) is 15.5. The number of aromatic nitrogens is 6. The zero-order valence-corrected chi connectivity index (χ0v) is 18.1. The molecule has 5 rings (SSSR count). The minimum atomic E-state index is -0.244. The lowest BCUT2D eigenvalue weighted by molar-refractivity contribution is 0.0934. The maximum atomic E-state index is 12.9. The number of aryl methyl sites for hydroxylation is 1. The van der Waals surface area contributed by atoms with Crippen molar-refractivity contribution in [3.63, 3.8) is 0 Å². The number of nitrogens with one attached hydrogen (secondary N) is 1. The molecule has 0 radical (unpaired) electrons. The molecule has 1 aromatic carbocycles. The molecule has 8 heteroatoms. The SMILES string of the molecule is Cc1c(-c2ccnc3cc(C(=O)NC(C)c4ccc(-n5cccc5)cc4)nn23)cnn1C. The lowest BCUT2D eigenvalue weighted by atomic mass is 10.1. The van der Waals surface area contributed by atoms with Crippen LogP contribution in [0, 0.1) is 6.92 Å². The molecule has 32 heavy (non-hydrogen) atoms. The van der Waals surface area contributed by atoms with E-state index in [1.165, 1.54) is 0 Å². The quantitative estimate of drug-likeness (QED) is 0.465. The second kappa shape index (κ2) is 7.81. The maximum Gasteiger partial charge on any atom is 0.272 e. The Kier molecular flexibility index (Phi) is 4.82. The third-order valence-corrected chi connectivity index (χ3v) is 5.75. The molecule has 0 fully saturated rings. The summed E-state index contributed by atoms with van der Waals surface area (Å²) in [6.07, 6.45) is 7.51. The number of hydrogen-bond acceptors (Lipinski definition) is 4. The lowest BCUT2D eigenvalue weighted by Crippen LogP contribution is -2.27. The fourth-order valence-corrected chi connectivity index (χ4v) is 3.76. The molecule has 0 bridgehead atoms. The molecule has 0 aliphatic rings. The average molecular weight is 425 g/mol. The standard InChI is InChI=1S/C24H23N7O/c1-16(18-6-8-19(9-7-18)30-12-4-5-13-30)27-24(32)21-14-23-25-11-10-22(31(23)28-21)20-15-26-29(3)17(20)2/h4-16H,1-3H3,(H,27,32). The number of amides is 1. The van der Waals surface area contributed by atoms with Crippen LogP contribution in [0.15, 0.2) is 73.3 Å². The van der Waals surface area contributed by atoms with Crippen LogP contribution in [-0.2, 0) is 7.05 Å². The van der Waals surface area contributed by atoms with E-state index < -0.39 is 0 Å². The van der Waals surface area contributed by atoms with Crippen molar-refractivity contribution >= 4 is 11.6 Å². The van der Waals surface area contributed by atoms with E-state index in [2.05, 4.69) is 20.5 Å². The highest BCUT2D eigenvalue weighted by Gasteiger charge is 2.18. The Morgan fingerprint density at radius 2 is 1.84 bits per heavy atom. The molecule has 0 spiro atoms. The van der Waals surface area contributed by atoms with Crippen molar-refractivity contribution in [3.05, 3.63) is 90.3 Å². The summed E-state index contributed by atoms with van der Waals surface area (Å²) in [7, 11) is 1.89. The number of benzene rings is 1. The molecule has 4 aromatic heterocycles. The summed E-state index contributed by atoms with van der Waals surface area (Å²) in [5, 5.41) is 11.9. The van der Waals surface area contributed by atoms with Gasteiger partial charge in [0.25, 0.3) is 5.91 Å². The van der Waals surface area contributed by atoms with Gasteiger partial charge in [-0.05, 0) is 49.7 Å². The Labute approximate surface area is 185 Å². The van der Waals surface area contributed by atoms with Gasteiger partial charge in [0.05, 0.1) is 17.9 Å². The van der Waals surface area contributed by atoms with Gasteiger partial charge in [0.15, 0.2) is 11.3 Å². The van der Waals surface area contributed by atoms with E-state index in [4.69, 9.17) is 0 Å². The van der Waals surface area contributed by atoms with E-state index in [1.54, 1.807) is 23.0 Å². The van der Waals surface area contributed by atoms with E-state index in [1.807, 2.05) is 85.0 Å². The molecule has 5 aromatic rings. The van der Waals surface area contributed by atoms with Gasteiger partial charge in [-0.1, -0.05) is 12.1 Å². The molecule has 8 nitrogen and oxygen atoms in total. The third-order valence-electron chi connectivity index (χ3n) is 5.75. The van der Waals surface area contributed by atoms with Gasteiger partial charge in [0.1, 0.15) is 0 Å². The number of rotatable bonds is 5. The monoisotopic (exact) mass is 425 g/mol. The van der Waals surface area contributed by atoms with Gasteiger partial charge in [-0.2, -0.15) is 10.2 Å². The predicted molar refractivity (Wildman–Crippen MR) is 122 cm³/mol. The highest BCUT2D eigenvalue weighted by Crippen LogP contribution is 2.23. The van der Waals surface area contributed by atoms with Crippen LogP contribution in [0.4, 0.5) is 0 Å². The van der Waals surface area contributed by atoms with Crippen molar-refractivity contribution in [1.82, 2.24) is 34.3 Å². The number of fused-ring (bicyclic) bond motifs is 1. The second-order valence-corrected chi connectivity index (χ2v) is 7.77. The molecule has 0 aliphatic heterocycles. The predicted octanol–water partition coefficient (Wildman–Crippen LogP) is 3.72. The third kappa shape index (κ3) is 3.45. The lowest BCUT2D eigenvalue weighted by Gasteiger charge is -2.14. The molecule has 1 unspecified atom stereocenters. The van der Waals surface area contributed by atoms with Crippen LogP contribution < -0.4 is 5.32 Å². The Morgan fingerprint density at radius 1 is 1.09 bits per heavy atom. The zero-order valence-electron chi connectivity index (χ0n) is 18.1. The van der Waals surface area contributed by atoms with Crippen molar-refractivity contribution in [2.45, 2.75) is 19.9 Å². The summed E-state index contributed by atoms with van der Waals surface area (Å²) in [5.74, 6) is -0.244. The number of hydrogen-bond donors (Lipinski definition) is 1. The molecular formula is C24H23N7O. The first kappa shape index (κ1) is 19.7. The molecule has 1 amide bonds. The van der Waals surface area contributed by atoms with E-state index in [0.29, 0.717) is 11.3 Å². The van der Waals surface area contributed by atoms with Gasteiger partial charge >= 0.3 is 0 Å². The first-order valence-corrected chi connectivity index (χ1v) is 10.4. The molecule has 1 atom stereocenters. The Balaban J connectivity index is 1.38. The second-order valence-electron chi connectivity index (χ2n) is 7.77. The summed E-state index contributed by atoms with van der Waals surface area (Å²) < 4.78 is 5.54. The Bertz CT molecular complexity index is 1390. The zero-order chi connectivity index (χ0) is 22.2. The minimum Gasteiger partial charge on any atom is -0.344 e. The molecule has 0 aliphatic carbocycles. The number of nitrogens with zero attached hydrogens (tertiary/aromatic N) is 6. The van der Waals surface area contributed by atoms with Gasteiger partial charge < -0.3 is 9.88 Å². The van der Waals surface area contributed by atoms with Crippen molar-refractivity contribution in [3.8, 4) is 16.9 Å². The molecule has 1 N–H and O–H groups in total. The van der Waals surface area contributed by atoms with Crippen LogP contribution in [0.3, 0.4) is 0 Å². The molecule has 0 saturated carbocycles. The van der Waals surface area contributed by atoms with Crippen LogP contribution >= 0.6 is 0 Å². The van der Waals surface area contributed by atoms with Crippen LogP contribution in [0.1, 0.15) is 34.7 Å². The smallest absolute Gasteiger partial charge is 0.272 e. The highest BCUT2D eigenvalue weighted by atomic mass is 16.2. The average Bonchev–Trinajstić information content (AvgIpc) is 3.55. The fraction of sp³-hybridized carbons (Fsp3) is 0.167. The Hall–Kier alpha value is -4.20. The summed E-state index contributed by atoms with van der Waals surface area (Å²) in [6.45, 7) is 3.95. The Morgan fingerprint density at radius 3 is 2.53 bits per heavy atom. The summed E-state index contributed by atoms with van der Waals surface area (Å²) in [4.78, 5) is 17.3. The van der Waals surface area contributed by atoms with Crippen LogP contribution in [0.2, 0.25) is 0 Å². The van der Waals surface area contributed by atoms with Gasteiger partial charge in [0, 0.05) is 48.6 Å². The van der Waals surface area contributed by atoms with Crippen LogP contribution in [0.25, 0.3) is 22.6 Å². The summed E-state index contributed by atoms with van der Waals surface area (Å²) in [5.41, 5.74) is 5.82. The van der Waals surface area contributed by atoms with Gasteiger partial charge in [-0.3, -0.25) is 9.48 Å². The van der Waals surface area contributed by atoms with E-state index in [-0.39, 0.29) is 11.9 Å². The topological polar surface area (TPSA) is 82.0 Å². The van der Waals surface area contributed by atoms with E-state index >= 15 is 0 Å². The van der Waals surface area contributed by atoms with Crippen molar-refractivity contribution in [2.24, 2.45) is 7.05 Å². The minimum absolute atomic E-state index is 0.168. The maximum absolute atomic E-state index is 12.9. The molecule has 160 valence electrons. The number of carbonyl (C=O) groups is 1. The largest absolute Gasteiger partial charge is 0.344 e. The highest BCUT2D eigenvalue weighted by molar-refractivity contribution is 5.93. The molecule has 0 saturated heterocycles. The van der Waals surface area contributed by atoms with Gasteiger partial charge in [-0.25, -0.2) is 9.50 Å². The van der Waals surface area contributed by atoms with Crippen molar-refractivity contribution in [1.29, 1.82) is 0 Å². The van der Waals surface area contributed by atoms with E-state index in [0.717, 1.165) is 28.2 Å². The first-order valence-electron chi connectivity index (χ1n) is 10.4. The van der Waals surface area contributed by atoms with Crippen LogP contribution in [0.5, 0.6) is 0 Å². The fourth-order valence-electron chi connectivity index (χ4n) is 3.76. The molecule has 4 heterocycles. The molecular weight excluding hydrogens is 402 g/mol. The van der Waals surface area contributed by atoms with Gasteiger partial charge in [-0.15, -0.1) is 0 Å². The van der Waals surface area contributed by atoms with E-state index in [9.17, 15) is 4.79 Å². The summed E-state index contributed by atoms with van der Waals surface area (Å²) in [6, 6.07) is 15.5. The van der Waals surface area contributed by atoms with Crippen LogP contribution in [-0.4, -0.2) is 34.9 Å². The van der Waals surface area contributed by atoms with Crippen molar-refractivity contribution in [2.75, 3.05) is 0 Å². The number of carbonyl (C=O) groups excluding carboxylic acids is 1. The normalized spacial score (nSPS) is 12.2.